The minimum Gasteiger partial charge on any atom is -0.454 e. The molecule has 0 bridgehead atoms. The number of hydrogen-bond donors (Lipinski definition) is 2. The largest absolute Gasteiger partial charge is 0.454 e. The molecule has 4 rings (SSSR count). The molecule has 0 spiro atoms. The maximum Gasteiger partial charge on any atom is 0.231 e. The number of rotatable bonds is 2. The van der Waals surface area contributed by atoms with E-state index in [4.69, 9.17) is 14.6 Å². The van der Waals surface area contributed by atoms with E-state index in [2.05, 4.69) is 20.9 Å². The maximum absolute atomic E-state index is 10.9. The van der Waals surface area contributed by atoms with Gasteiger partial charge in [-0.2, -0.15) is 0 Å². The molecule has 2 N–H and O–H groups in total. The minimum absolute atomic E-state index is 0.172. The minimum atomic E-state index is -0.822. The fourth-order valence-electron chi connectivity index (χ4n) is 2.77. The molecule has 5 nitrogen and oxygen atoms in total. The Hall–Kier alpha value is -2.15. The topological polar surface area (TPSA) is 71.8 Å². The van der Waals surface area contributed by atoms with Gasteiger partial charge in [-0.05, 0) is 36.1 Å². The number of aliphatic hydroxyl groups is 2. The van der Waals surface area contributed by atoms with Crippen molar-refractivity contribution < 1.29 is 19.7 Å². The molecule has 0 saturated carbocycles. The van der Waals surface area contributed by atoms with E-state index < -0.39 is 6.10 Å². The van der Waals surface area contributed by atoms with Crippen molar-refractivity contribution in [2.24, 2.45) is 0 Å². The second kappa shape index (κ2) is 7.82. The van der Waals surface area contributed by atoms with Crippen molar-refractivity contribution in [1.29, 1.82) is 0 Å². The molecular weight excluding hydrogens is 386 g/mol. The molecule has 1 aromatic heterocycles. The molecule has 1 aliphatic rings. The third-order valence-electron chi connectivity index (χ3n) is 3.81. The summed E-state index contributed by atoms with van der Waals surface area (Å²) < 4.78 is 11.7. The summed E-state index contributed by atoms with van der Waals surface area (Å²) >= 11 is 3.50. The molecule has 6 heteroatoms. The first-order valence-electron chi connectivity index (χ1n) is 7.87. The first-order valence-corrected chi connectivity index (χ1v) is 8.66. The molecule has 1 aliphatic heterocycles. The second-order valence-corrected chi connectivity index (χ2v) is 6.21. The number of benzene rings is 2. The van der Waals surface area contributed by atoms with Gasteiger partial charge in [0.25, 0.3) is 0 Å². The van der Waals surface area contributed by atoms with E-state index in [1.54, 1.807) is 19.3 Å². The number of nitrogens with zero attached hydrogens (tertiary/aromatic N) is 1. The zero-order chi connectivity index (χ0) is 17.8. The maximum atomic E-state index is 10.9. The molecule has 3 aromatic rings. The molecule has 1 atom stereocenters. The molecule has 0 fully saturated rings. The Morgan fingerprint density at radius 1 is 1.20 bits per heavy atom. The lowest BCUT2D eigenvalue weighted by Crippen LogP contribution is -2.04. The molecule has 0 radical (unpaired) electrons. The van der Waals surface area contributed by atoms with Crippen molar-refractivity contribution in [3.8, 4) is 11.5 Å². The molecule has 0 saturated heterocycles. The average molecular weight is 404 g/mol. The summed E-state index contributed by atoms with van der Waals surface area (Å²) in [7, 11) is 0. The number of hydrogen-bond acceptors (Lipinski definition) is 5. The summed E-state index contributed by atoms with van der Waals surface area (Å²) in [6, 6.07) is 11.4. The van der Waals surface area contributed by atoms with Crippen LogP contribution in [0.25, 0.3) is 10.8 Å². The van der Waals surface area contributed by atoms with Gasteiger partial charge in [-0.25, -0.2) is 0 Å². The Kier molecular flexibility index (Phi) is 5.53. The van der Waals surface area contributed by atoms with Crippen LogP contribution in [-0.4, -0.2) is 28.6 Å². The van der Waals surface area contributed by atoms with Crippen LogP contribution in [0, 0.1) is 0 Å². The van der Waals surface area contributed by atoms with Crippen LogP contribution in [0.2, 0.25) is 0 Å². The highest BCUT2D eigenvalue weighted by atomic mass is 79.9. The van der Waals surface area contributed by atoms with Crippen molar-refractivity contribution in [2.45, 2.75) is 13.0 Å². The first-order chi connectivity index (χ1) is 12.2. The normalized spacial score (nSPS) is 13.3. The standard InChI is InChI=1S/C17H12BrNO3.C2H6O/c18-13-4-5-14-17(22-9-21-14)15(13)16(20)12-3-1-2-10-8-19-7-6-11(10)12;1-2-3/h1-8,16,20H,9H2;3H,2H2,1H3. The average Bonchev–Trinajstić information content (AvgIpc) is 3.10. The van der Waals surface area contributed by atoms with Crippen LogP contribution in [0.1, 0.15) is 24.2 Å². The van der Waals surface area contributed by atoms with Gasteiger partial charge in [-0.3, -0.25) is 4.98 Å². The third-order valence-corrected chi connectivity index (χ3v) is 4.50. The van der Waals surface area contributed by atoms with Crippen LogP contribution in [-0.2, 0) is 0 Å². The third kappa shape index (κ3) is 3.46. The van der Waals surface area contributed by atoms with Gasteiger partial charge in [0.2, 0.25) is 6.79 Å². The lowest BCUT2D eigenvalue weighted by Gasteiger charge is -2.17. The SMILES string of the molecule is CCO.OC(c1c(Br)ccc2c1OCO2)c1cccc2cnccc12. The molecule has 0 aliphatic carbocycles. The van der Waals surface area contributed by atoms with E-state index in [9.17, 15) is 5.11 Å². The van der Waals surface area contributed by atoms with E-state index in [0.717, 1.165) is 20.8 Å². The predicted octanol–water partition coefficient (Wildman–Crippen LogP) is 3.81. The van der Waals surface area contributed by atoms with Crippen molar-refractivity contribution in [3.63, 3.8) is 0 Å². The van der Waals surface area contributed by atoms with Crippen LogP contribution < -0.4 is 9.47 Å². The van der Waals surface area contributed by atoms with Crippen molar-refractivity contribution in [1.82, 2.24) is 4.98 Å². The lowest BCUT2D eigenvalue weighted by atomic mass is 9.96. The summed E-state index contributed by atoms with van der Waals surface area (Å²) in [5, 5.41) is 20.5. The molecule has 0 amide bonds. The van der Waals surface area contributed by atoms with Gasteiger partial charge in [-0.1, -0.05) is 34.1 Å². The second-order valence-electron chi connectivity index (χ2n) is 5.36. The summed E-state index contributed by atoms with van der Waals surface area (Å²) in [5.74, 6) is 1.24. The van der Waals surface area contributed by atoms with Crippen LogP contribution in [0.5, 0.6) is 11.5 Å². The Balaban J connectivity index is 0.000000569. The first kappa shape index (κ1) is 17.7. The number of aromatic nitrogens is 1. The zero-order valence-electron chi connectivity index (χ0n) is 13.6. The fraction of sp³-hybridized carbons (Fsp3) is 0.211. The number of ether oxygens (including phenoxy) is 2. The van der Waals surface area contributed by atoms with E-state index in [1.807, 2.05) is 36.4 Å². The summed E-state index contributed by atoms with van der Waals surface area (Å²) in [4.78, 5) is 4.13. The van der Waals surface area contributed by atoms with Gasteiger partial charge in [-0.15, -0.1) is 0 Å². The van der Waals surface area contributed by atoms with E-state index in [0.29, 0.717) is 17.1 Å². The van der Waals surface area contributed by atoms with E-state index in [-0.39, 0.29) is 13.4 Å². The smallest absolute Gasteiger partial charge is 0.231 e. The molecule has 25 heavy (non-hydrogen) atoms. The van der Waals surface area contributed by atoms with Crippen LogP contribution in [0.15, 0.2) is 53.3 Å². The summed E-state index contributed by atoms with van der Waals surface area (Å²) in [6.45, 7) is 2.10. The quantitative estimate of drug-likeness (QED) is 0.680. The predicted molar refractivity (Wildman–Crippen MR) is 98.8 cm³/mol. The van der Waals surface area contributed by atoms with Gasteiger partial charge in [0.1, 0.15) is 6.10 Å². The number of pyridine rings is 1. The number of aliphatic hydroxyl groups excluding tert-OH is 2. The van der Waals surface area contributed by atoms with Gasteiger partial charge in [0, 0.05) is 34.4 Å². The van der Waals surface area contributed by atoms with E-state index in [1.165, 1.54) is 0 Å². The number of fused-ring (bicyclic) bond motifs is 2. The fourth-order valence-corrected chi connectivity index (χ4v) is 3.30. The highest BCUT2D eigenvalue weighted by Gasteiger charge is 2.26. The van der Waals surface area contributed by atoms with Crippen LogP contribution >= 0.6 is 15.9 Å². The Morgan fingerprint density at radius 2 is 2.00 bits per heavy atom. The molecular formula is C19H18BrNO4. The van der Waals surface area contributed by atoms with E-state index >= 15 is 0 Å². The van der Waals surface area contributed by atoms with Crippen LogP contribution in [0.3, 0.4) is 0 Å². The zero-order valence-corrected chi connectivity index (χ0v) is 15.2. The number of halogens is 1. The van der Waals surface area contributed by atoms with Gasteiger partial charge in [0.05, 0.1) is 0 Å². The molecule has 130 valence electrons. The van der Waals surface area contributed by atoms with Gasteiger partial charge < -0.3 is 19.7 Å². The molecule has 1 unspecified atom stereocenters. The van der Waals surface area contributed by atoms with Gasteiger partial charge in [0.15, 0.2) is 11.5 Å². The van der Waals surface area contributed by atoms with Crippen LogP contribution in [0.4, 0.5) is 0 Å². The monoisotopic (exact) mass is 403 g/mol. The van der Waals surface area contributed by atoms with Crippen molar-refractivity contribution >= 4 is 26.7 Å². The Labute approximate surface area is 154 Å². The van der Waals surface area contributed by atoms with Crippen molar-refractivity contribution in [2.75, 3.05) is 13.4 Å². The highest BCUT2D eigenvalue weighted by Crippen LogP contribution is 2.45. The Morgan fingerprint density at radius 3 is 2.80 bits per heavy atom. The van der Waals surface area contributed by atoms with Gasteiger partial charge >= 0.3 is 0 Å². The highest BCUT2D eigenvalue weighted by molar-refractivity contribution is 9.10. The lowest BCUT2D eigenvalue weighted by molar-refractivity contribution is 0.167. The summed E-state index contributed by atoms with van der Waals surface area (Å²) in [5.41, 5.74) is 1.49. The molecule has 2 aromatic carbocycles. The molecule has 2 heterocycles. The summed E-state index contributed by atoms with van der Waals surface area (Å²) in [6.07, 6.45) is 2.69. The Bertz CT molecular complexity index is 879. The van der Waals surface area contributed by atoms with Crippen molar-refractivity contribution in [3.05, 3.63) is 64.4 Å².